The van der Waals surface area contributed by atoms with E-state index < -0.39 is 0 Å². The van der Waals surface area contributed by atoms with Crippen molar-refractivity contribution in [2.24, 2.45) is 0 Å². The molecule has 0 fully saturated rings. The number of hydrogen-bond acceptors (Lipinski definition) is 1. The summed E-state index contributed by atoms with van der Waals surface area (Å²) in [4.78, 5) is 0. The van der Waals surface area contributed by atoms with Crippen LogP contribution < -0.4 is 5.32 Å². The van der Waals surface area contributed by atoms with E-state index in [9.17, 15) is 4.39 Å². The molecule has 1 N–H and O–H groups in total. The molecule has 1 nitrogen and oxygen atoms in total. The minimum absolute atomic E-state index is 0.333. The van der Waals surface area contributed by atoms with Crippen LogP contribution in [0.5, 0.6) is 0 Å². The molecule has 1 unspecified atom stereocenters. The molecule has 0 bridgehead atoms. The summed E-state index contributed by atoms with van der Waals surface area (Å²) >= 11 is 9.49. The van der Waals surface area contributed by atoms with Gasteiger partial charge in [-0.2, -0.15) is 0 Å². The van der Waals surface area contributed by atoms with Crippen LogP contribution in [-0.4, -0.2) is 6.54 Å². The average Bonchev–Trinajstić information content (AvgIpc) is 2.46. The Morgan fingerprint density at radius 3 is 2.90 bits per heavy atom. The quantitative estimate of drug-likeness (QED) is 0.725. The molecule has 110 valence electrons. The molecule has 21 heavy (non-hydrogen) atoms. The van der Waals surface area contributed by atoms with Gasteiger partial charge in [0.2, 0.25) is 0 Å². The van der Waals surface area contributed by atoms with Gasteiger partial charge in [0.1, 0.15) is 5.82 Å². The molecular formula is C17H16BrClFN. The molecule has 0 aromatic heterocycles. The van der Waals surface area contributed by atoms with Gasteiger partial charge in [-0.05, 0) is 58.5 Å². The first-order valence-corrected chi connectivity index (χ1v) is 8.28. The predicted molar refractivity (Wildman–Crippen MR) is 89.7 cm³/mol. The van der Waals surface area contributed by atoms with Gasteiger partial charge in [-0.3, -0.25) is 0 Å². The molecule has 0 radical (unpaired) electrons. The van der Waals surface area contributed by atoms with Gasteiger partial charge in [-0.25, -0.2) is 4.39 Å². The van der Waals surface area contributed by atoms with Crippen LogP contribution in [0.1, 0.15) is 29.9 Å². The highest BCUT2D eigenvalue weighted by Gasteiger charge is 2.20. The van der Waals surface area contributed by atoms with E-state index >= 15 is 0 Å². The smallest absolute Gasteiger partial charge is 0.125 e. The average molecular weight is 369 g/mol. The molecule has 1 aliphatic carbocycles. The van der Waals surface area contributed by atoms with Crippen LogP contribution in [0.2, 0.25) is 5.02 Å². The van der Waals surface area contributed by atoms with E-state index in [4.69, 9.17) is 11.6 Å². The number of nitrogens with one attached hydrogen (secondary N) is 1. The van der Waals surface area contributed by atoms with Crippen molar-refractivity contribution in [3.63, 3.8) is 0 Å². The SMILES string of the molecule is Fc1cc(Cl)c(NCC2CCCc3ccccc32)c(Br)c1. The van der Waals surface area contributed by atoms with Crippen molar-refractivity contribution in [3.8, 4) is 0 Å². The number of anilines is 1. The maximum Gasteiger partial charge on any atom is 0.125 e. The van der Waals surface area contributed by atoms with E-state index in [1.54, 1.807) is 0 Å². The van der Waals surface area contributed by atoms with Gasteiger partial charge in [-0.1, -0.05) is 35.9 Å². The molecule has 4 heteroatoms. The van der Waals surface area contributed by atoms with Crippen molar-refractivity contribution in [2.75, 3.05) is 11.9 Å². The van der Waals surface area contributed by atoms with Crippen molar-refractivity contribution in [2.45, 2.75) is 25.2 Å². The Kier molecular flexibility index (Phi) is 4.51. The lowest BCUT2D eigenvalue weighted by Crippen LogP contribution is -2.18. The monoisotopic (exact) mass is 367 g/mol. The third-order valence-electron chi connectivity index (χ3n) is 4.03. The van der Waals surface area contributed by atoms with Gasteiger partial charge in [0, 0.05) is 16.9 Å². The summed E-state index contributed by atoms with van der Waals surface area (Å²) in [7, 11) is 0. The highest BCUT2D eigenvalue weighted by Crippen LogP contribution is 2.35. The standard InChI is InChI=1S/C17H16BrClFN/c18-15-8-13(20)9-16(19)17(15)21-10-12-6-3-5-11-4-1-2-7-14(11)12/h1-2,4,7-9,12,21H,3,5-6,10H2. The van der Waals surface area contributed by atoms with Crippen LogP contribution in [0.25, 0.3) is 0 Å². The van der Waals surface area contributed by atoms with Gasteiger partial charge in [0.25, 0.3) is 0 Å². The summed E-state index contributed by atoms with van der Waals surface area (Å²) in [5.41, 5.74) is 3.63. The Hall–Kier alpha value is -1.06. The topological polar surface area (TPSA) is 12.0 Å². The first-order chi connectivity index (χ1) is 10.1. The van der Waals surface area contributed by atoms with Crippen LogP contribution in [-0.2, 0) is 6.42 Å². The van der Waals surface area contributed by atoms with E-state index in [1.165, 1.54) is 36.1 Å². The van der Waals surface area contributed by atoms with Crippen LogP contribution in [0, 0.1) is 5.82 Å². The van der Waals surface area contributed by atoms with E-state index in [-0.39, 0.29) is 5.82 Å². The van der Waals surface area contributed by atoms with Gasteiger partial charge in [0.05, 0.1) is 10.7 Å². The van der Waals surface area contributed by atoms with Crippen molar-refractivity contribution in [3.05, 3.63) is 62.8 Å². The molecule has 0 spiro atoms. The molecule has 0 saturated carbocycles. The summed E-state index contributed by atoms with van der Waals surface area (Å²) in [6.07, 6.45) is 3.54. The Labute approximate surface area is 137 Å². The number of aryl methyl sites for hydroxylation is 1. The van der Waals surface area contributed by atoms with Gasteiger partial charge in [0.15, 0.2) is 0 Å². The molecule has 2 aromatic carbocycles. The van der Waals surface area contributed by atoms with Gasteiger partial charge >= 0.3 is 0 Å². The van der Waals surface area contributed by atoms with E-state index in [2.05, 4.69) is 45.5 Å². The largest absolute Gasteiger partial charge is 0.382 e. The molecular weight excluding hydrogens is 353 g/mol. The molecule has 0 heterocycles. The predicted octanol–water partition coefficient (Wildman–Crippen LogP) is 5.77. The third kappa shape index (κ3) is 3.24. The highest BCUT2D eigenvalue weighted by molar-refractivity contribution is 9.10. The summed E-state index contributed by atoms with van der Waals surface area (Å²) < 4.78 is 13.9. The van der Waals surface area contributed by atoms with Crippen LogP contribution in [0.15, 0.2) is 40.9 Å². The zero-order chi connectivity index (χ0) is 14.8. The highest BCUT2D eigenvalue weighted by atomic mass is 79.9. The van der Waals surface area contributed by atoms with Crippen molar-refractivity contribution >= 4 is 33.2 Å². The second-order valence-corrected chi connectivity index (χ2v) is 6.67. The van der Waals surface area contributed by atoms with E-state index in [0.29, 0.717) is 15.4 Å². The number of fused-ring (bicyclic) bond motifs is 1. The fraction of sp³-hybridized carbons (Fsp3) is 0.294. The maximum absolute atomic E-state index is 13.3. The Bertz CT molecular complexity index is 636. The summed E-state index contributed by atoms with van der Waals surface area (Å²) in [5, 5.41) is 3.78. The number of rotatable bonds is 3. The fourth-order valence-electron chi connectivity index (χ4n) is 3.00. The zero-order valence-corrected chi connectivity index (χ0v) is 13.8. The lowest BCUT2D eigenvalue weighted by Gasteiger charge is -2.26. The maximum atomic E-state index is 13.3. The summed E-state index contributed by atoms with van der Waals surface area (Å²) in [6.45, 7) is 0.807. The van der Waals surface area contributed by atoms with Crippen LogP contribution in [0.3, 0.4) is 0 Å². The molecule has 1 atom stereocenters. The molecule has 1 aliphatic rings. The molecule has 0 amide bonds. The van der Waals surface area contributed by atoms with E-state index in [1.807, 2.05) is 0 Å². The van der Waals surface area contributed by atoms with E-state index in [0.717, 1.165) is 18.7 Å². The minimum atomic E-state index is -0.333. The lowest BCUT2D eigenvalue weighted by atomic mass is 9.83. The van der Waals surface area contributed by atoms with Gasteiger partial charge < -0.3 is 5.32 Å². The molecule has 2 aromatic rings. The normalized spacial score (nSPS) is 17.4. The Balaban J connectivity index is 1.78. The first kappa shape index (κ1) is 14.9. The van der Waals surface area contributed by atoms with Crippen LogP contribution in [0.4, 0.5) is 10.1 Å². The Morgan fingerprint density at radius 2 is 2.10 bits per heavy atom. The second-order valence-electron chi connectivity index (χ2n) is 5.41. The minimum Gasteiger partial charge on any atom is -0.382 e. The molecule has 0 aliphatic heterocycles. The molecule has 3 rings (SSSR count). The lowest BCUT2D eigenvalue weighted by molar-refractivity contribution is 0.571. The first-order valence-electron chi connectivity index (χ1n) is 7.11. The van der Waals surface area contributed by atoms with Crippen molar-refractivity contribution < 1.29 is 4.39 Å². The number of hydrogen-bond donors (Lipinski definition) is 1. The number of benzene rings is 2. The van der Waals surface area contributed by atoms with Crippen LogP contribution >= 0.6 is 27.5 Å². The summed E-state index contributed by atoms with van der Waals surface area (Å²) in [6, 6.07) is 11.4. The van der Waals surface area contributed by atoms with Gasteiger partial charge in [-0.15, -0.1) is 0 Å². The Morgan fingerprint density at radius 1 is 1.29 bits per heavy atom. The summed E-state index contributed by atoms with van der Waals surface area (Å²) in [5.74, 6) is 0.142. The number of halogens is 3. The van der Waals surface area contributed by atoms with Crippen molar-refractivity contribution in [1.82, 2.24) is 0 Å². The molecule has 0 saturated heterocycles. The third-order valence-corrected chi connectivity index (χ3v) is 4.95. The zero-order valence-electron chi connectivity index (χ0n) is 11.5. The van der Waals surface area contributed by atoms with Crippen molar-refractivity contribution in [1.29, 1.82) is 0 Å². The fourth-order valence-corrected chi connectivity index (χ4v) is 3.96. The second kappa shape index (κ2) is 6.37.